The van der Waals surface area contributed by atoms with Gasteiger partial charge >= 0.3 is 5.97 Å². The number of esters is 1. The normalized spacial score (nSPS) is 12.7. The minimum atomic E-state index is -0.838. The number of amides is 2. The highest BCUT2D eigenvalue weighted by atomic mass is 16.5. The highest BCUT2D eigenvalue weighted by Crippen LogP contribution is 2.22. The molecule has 2 amide bonds. The van der Waals surface area contributed by atoms with Crippen LogP contribution in [-0.2, 0) is 22.7 Å². The second-order valence-corrected chi connectivity index (χ2v) is 6.50. The van der Waals surface area contributed by atoms with Crippen molar-refractivity contribution in [3.8, 4) is 6.07 Å². The Morgan fingerprint density at radius 2 is 1.63 bits per heavy atom. The van der Waals surface area contributed by atoms with Crippen LogP contribution in [0.4, 0.5) is 0 Å². The summed E-state index contributed by atoms with van der Waals surface area (Å²) in [6.45, 7) is -1.21. The molecule has 4 rings (SSSR count). The summed E-state index contributed by atoms with van der Waals surface area (Å²) in [4.78, 5) is 54.7. The van der Waals surface area contributed by atoms with E-state index in [0.29, 0.717) is 10.9 Å². The van der Waals surface area contributed by atoms with Crippen molar-refractivity contribution >= 4 is 28.7 Å². The van der Waals surface area contributed by atoms with Gasteiger partial charge in [-0.2, -0.15) is 5.26 Å². The lowest BCUT2D eigenvalue weighted by Crippen LogP contribution is -2.36. The van der Waals surface area contributed by atoms with Crippen LogP contribution >= 0.6 is 0 Å². The van der Waals surface area contributed by atoms with Gasteiger partial charge in [0.15, 0.2) is 5.82 Å². The maximum absolute atomic E-state index is 12.6. The summed E-state index contributed by atoms with van der Waals surface area (Å²) >= 11 is 0. The maximum atomic E-state index is 12.6. The van der Waals surface area contributed by atoms with E-state index in [0.717, 1.165) is 9.47 Å². The molecule has 9 nitrogen and oxygen atoms in total. The van der Waals surface area contributed by atoms with Gasteiger partial charge in [0.2, 0.25) is 0 Å². The zero-order chi connectivity index (χ0) is 21.3. The number of rotatable bonds is 5. The molecule has 0 fully saturated rings. The molecule has 3 aromatic rings. The van der Waals surface area contributed by atoms with E-state index in [2.05, 4.69) is 4.98 Å². The minimum Gasteiger partial charge on any atom is -0.456 e. The second-order valence-electron chi connectivity index (χ2n) is 6.50. The number of nitriles is 1. The lowest BCUT2D eigenvalue weighted by atomic mass is 10.1. The maximum Gasteiger partial charge on any atom is 0.326 e. The number of nitrogens with zero attached hydrogens (tertiary/aromatic N) is 4. The first-order valence-electron chi connectivity index (χ1n) is 8.97. The summed E-state index contributed by atoms with van der Waals surface area (Å²) in [6.07, 6.45) is 0. The van der Waals surface area contributed by atoms with E-state index in [1.54, 1.807) is 36.4 Å². The summed E-state index contributed by atoms with van der Waals surface area (Å²) < 4.78 is 6.28. The summed E-state index contributed by atoms with van der Waals surface area (Å²) in [7, 11) is 0. The average molecular weight is 402 g/mol. The third-order valence-electron chi connectivity index (χ3n) is 4.70. The zero-order valence-electron chi connectivity index (χ0n) is 15.6. The van der Waals surface area contributed by atoms with Crippen molar-refractivity contribution < 1.29 is 19.1 Å². The molecule has 2 aromatic carbocycles. The van der Waals surface area contributed by atoms with E-state index < -0.39 is 29.9 Å². The van der Waals surface area contributed by atoms with Crippen LogP contribution in [0, 0.1) is 11.3 Å². The minimum absolute atomic E-state index is 0.0935. The predicted molar refractivity (Wildman–Crippen MR) is 103 cm³/mol. The molecule has 1 aromatic heterocycles. The summed E-state index contributed by atoms with van der Waals surface area (Å²) in [5.74, 6) is -1.89. The van der Waals surface area contributed by atoms with Gasteiger partial charge in [0.05, 0.1) is 28.1 Å². The summed E-state index contributed by atoms with van der Waals surface area (Å²) in [6, 6.07) is 14.8. The molecule has 0 unspecified atom stereocenters. The second kappa shape index (κ2) is 7.60. The number of hydrogen-bond acceptors (Lipinski definition) is 7. The lowest BCUT2D eigenvalue weighted by Gasteiger charge is -2.14. The first-order chi connectivity index (χ1) is 14.5. The molecule has 1 aliphatic heterocycles. The third kappa shape index (κ3) is 3.20. The Labute approximate surface area is 169 Å². The number of ether oxygens (including phenoxy) is 1. The van der Waals surface area contributed by atoms with Crippen molar-refractivity contribution in [1.82, 2.24) is 14.5 Å². The molecule has 0 aliphatic carbocycles. The molecule has 9 heteroatoms. The Morgan fingerprint density at radius 1 is 1.00 bits per heavy atom. The molecular weight excluding hydrogens is 388 g/mol. The monoisotopic (exact) mass is 402 g/mol. The summed E-state index contributed by atoms with van der Waals surface area (Å²) in [5.41, 5.74) is 0.445. The predicted octanol–water partition coefficient (Wildman–Crippen LogP) is 1.26. The SMILES string of the molecule is N#CCn1c(COC(=O)CN2C(=O)c3ccccc3C2=O)nc2ccccc2c1=O. The van der Waals surface area contributed by atoms with Gasteiger partial charge in [0.1, 0.15) is 19.7 Å². The number of benzene rings is 2. The standard InChI is InChI=1S/C21H14N4O5/c22-9-10-24-17(23-16-8-4-3-7-15(16)21(24)29)12-30-18(26)11-25-19(27)13-5-1-2-6-14(13)20(25)28/h1-8H,10-12H2. The highest BCUT2D eigenvalue weighted by molar-refractivity contribution is 6.22. The highest BCUT2D eigenvalue weighted by Gasteiger charge is 2.36. The Bertz CT molecular complexity index is 1270. The van der Waals surface area contributed by atoms with E-state index in [1.807, 2.05) is 6.07 Å². The molecule has 0 saturated carbocycles. The van der Waals surface area contributed by atoms with Gasteiger partial charge in [0, 0.05) is 0 Å². The van der Waals surface area contributed by atoms with Crippen LogP contribution < -0.4 is 5.56 Å². The molecule has 1 aliphatic rings. The van der Waals surface area contributed by atoms with Crippen LogP contribution in [0.15, 0.2) is 53.3 Å². The molecule has 30 heavy (non-hydrogen) atoms. The van der Waals surface area contributed by atoms with Crippen LogP contribution in [0.1, 0.15) is 26.5 Å². The number of para-hydroxylation sites is 1. The first-order valence-corrected chi connectivity index (χ1v) is 8.97. The number of aromatic nitrogens is 2. The molecule has 0 radical (unpaired) electrons. The zero-order valence-corrected chi connectivity index (χ0v) is 15.6. The molecule has 0 atom stereocenters. The van der Waals surface area contributed by atoms with E-state index in [4.69, 9.17) is 10.00 Å². The number of imide groups is 1. The van der Waals surface area contributed by atoms with Crippen molar-refractivity contribution in [2.45, 2.75) is 13.2 Å². The van der Waals surface area contributed by atoms with E-state index in [9.17, 15) is 19.2 Å². The number of fused-ring (bicyclic) bond motifs is 2. The van der Waals surface area contributed by atoms with Crippen LogP contribution in [0.2, 0.25) is 0 Å². The Morgan fingerprint density at radius 3 is 2.30 bits per heavy atom. The van der Waals surface area contributed by atoms with Gasteiger partial charge in [-0.15, -0.1) is 0 Å². The number of hydrogen-bond donors (Lipinski definition) is 0. The Balaban J connectivity index is 1.52. The molecule has 0 spiro atoms. The number of carbonyl (C=O) groups is 3. The molecule has 0 N–H and O–H groups in total. The van der Waals surface area contributed by atoms with Gasteiger partial charge in [-0.25, -0.2) is 4.98 Å². The fraction of sp³-hybridized carbons (Fsp3) is 0.143. The molecule has 0 bridgehead atoms. The van der Waals surface area contributed by atoms with Crippen LogP contribution in [-0.4, -0.2) is 38.8 Å². The van der Waals surface area contributed by atoms with Gasteiger partial charge in [-0.3, -0.25) is 28.6 Å². The molecule has 0 saturated heterocycles. The summed E-state index contributed by atoms with van der Waals surface area (Å²) in [5, 5.41) is 9.37. The largest absolute Gasteiger partial charge is 0.456 e. The smallest absolute Gasteiger partial charge is 0.326 e. The fourth-order valence-electron chi connectivity index (χ4n) is 3.26. The van der Waals surface area contributed by atoms with Crippen molar-refractivity contribution in [3.63, 3.8) is 0 Å². The van der Waals surface area contributed by atoms with E-state index in [1.165, 1.54) is 12.1 Å². The Kier molecular flexibility index (Phi) is 4.82. The van der Waals surface area contributed by atoms with Gasteiger partial charge in [0.25, 0.3) is 17.4 Å². The van der Waals surface area contributed by atoms with Crippen LogP contribution in [0.5, 0.6) is 0 Å². The van der Waals surface area contributed by atoms with Crippen molar-refractivity contribution in [1.29, 1.82) is 5.26 Å². The first kappa shape index (κ1) is 19.0. The van der Waals surface area contributed by atoms with Crippen LogP contribution in [0.25, 0.3) is 10.9 Å². The number of carbonyl (C=O) groups excluding carboxylic acids is 3. The van der Waals surface area contributed by atoms with Gasteiger partial charge < -0.3 is 4.74 Å². The van der Waals surface area contributed by atoms with Crippen LogP contribution in [0.3, 0.4) is 0 Å². The molecule has 148 valence electrons. The Hall–Kier alpha value is -4.32. The fourth-order valence-corrected chi connectivity index (χ4v) is 3.26. The van der Waals surface area contributed by atoms with Crippen molar-refractivity contribution in [2.75, 3.05) is 6.54 Å². The molecule has 2 heterocycles. The lowest BCUT2D eigenvalue weighted by molar-refractivity contribution is -0.145. The van der Waals surface area contributed by atoms with Gasteiger partial charge in [-0.05, 0) is 24.3 Å². The van der Waals surface area contributed by atoms with E-state index >= 15 is 0 Å². The third-order valence-corrected chi connectivity index (χ3v) is 4.70. The topological polar surface area (TPSA) is 122 Å². The molecular formula is C21H14N4O5. The quantitative estimate of drug-likeness (QED) is 0.465. The average Bonchev–Trinajstić information content (AvgIpc) is 3.00. The van der Waals surface area contributed by atoms with E-state index in [-0.39, 0.29) is 30.1 Å². The van der Waals surface area contributed by atoms with Crippen molar-refractivity contribution in [3.05, 3.63) is 75.8 Å². The van der Waals surface area contributed by atoms with Crippen molar-refractivity contribution in [2.24, 2.45) is 0 Å². The van der Waals surface area contributed by atoms with Gasteiger partial charge in [-0.1, -0.05) is 24.3 Å².